The molecule has 2 aromatic rings. The van der Waals surface area contributed by atoms with Gasteiger partial charge in [-0.2, -0.15) is 0 Å². The van der Waals surface area contributed by atoms with Crippen LogP contribution in [0.15, 0.2) is 53.9 Å². The molecule has 1 aliphatic heterocycles. The molecule has 0 radical (unpaired) electrons. The number of amides is 1. The van der Waals surface area contributed by atoms with Crippen LogP contribution in [0.1, 0.15) is 16.9 Å². The molecule has 3 rings (SSSR count). The zero-order valence-corrected chi connectivity index (χ0v) is 14.7. The molecule has 0 aliphatic carbocycles. The van der Waals surface area contributed by atoms with E-state index in [0.717, 1.165) is 30.8 Å². The first-order valence-electron chi connectivity index (χ1n) is 8.33. The van der Waals surface area contributed by atoms with E-state index in [1.807, 2.05) is 34.6 Å². The number of nitrogens with zero attached hydrogens (tertiary/aromatic N) is 1. The van der Waals surface area contributed by atoms with E-state index < -0.39 is 0 Å². The van der Waals surface area contributed by atoms with E-state index >= 15 is 0 Å². The minimum Gasteiger partial charge on any atom is -0.381 e. The van der Waals surface area contributed by atoms with Crippen molar-refractivity contribution in [2.45, 2.75) is 18.9 Å². The quantitative estimate of drug-likeness (QED) is 0.773. The maximum Gasteiger partial charge on any atom is 0.246 e. The number of carbonyl (C=O) groups excluding carboxylic acids is 1. The van der Waals surface area contributed by atoms with Crippen LogP contribution in [0.3, 0.4) is 0 Å². The lowest BCUT2D eigenvalue weighted by Crippen LogP contribution is -2.46. The van der Waals surface area contributed by atoms with Crippen molar-refractivity contribution >= 4 is 23.3 Å². The Morgan fingerprint density at radius 1 is 1.29 bits per heavy atom. The van der Waals surface area contributed by atoms with Gasteiger partial charge in [0.05, 0.1) is 6.10 Å². The summed E-state index contributed by atoms with van der Waals surface area (Å²) in [6.07, 6.45) is 5.65. The highest BCUT2D eigenvalue weighted by molar-refractivity contribution is 7.10. The molecule has 0 bridgehead atoms. The molecule has 1 fully saturated rings. The van der Waals surface area contributed by atoms with Crippen molar-refractivity contribution in [3.63, 3.8) is 0 Å². The van der Waals surface area contributed by atoms with Gasteiger partial charge in [0.1, 0.15) is 0 Å². The predicted molar refractivity (Wildman–Crippen MR) is 99.0 cm³/mol. The summed E-state index contributed by atoms with van der Waals surface area (Å²) >= 11 is 1.64. The van der Waals surface area contributed by atoms with Gasteiger partial charge in [0.15, 0.2) is 0 Å². The molecule has 126 valence electrons. The van der Waals surface area contributed by atoms with Crippen molar-refractivity contribution in [2.75, 3.05) is 20.2 Å². The lowest BCUT2D eigenvalue weighted by atomic mass is 9.88. The number of likely N-dealkylation sites (tertiary alicyclic amines) is 1. The Morgan fingerprint density at radius 2 is 2.12 bits per heavy atom. The van der Waals surface area contributed by atoms with Gasteiger partial charge in [0, 0.05) is 37.1 Å². The zero-order valence-electron chi connectivity index (χ0n) is 13.9. The summed E-state index contributed by atoms with van der Waals surface area (Å²) in [6, 6.07) is 14.5. The van der Waals surface area contributed by atoms with E-state index in [2.05, 4.69) is 24.3 Å². The Bertz CT molecular complexity index is 666. The Morgan fingerprint density at radius 3 is 2.83 bits per heavy atom. The third kappa shape index (κ3) is 4.34. The van der Waals surface area contributed by atoms with Crippen molar-refractivity contribution in [3.05, 3.63) is 64.4 Å². The van der Waals surface area contributed by atoms with Gasteiger partial charge in [-0.3, -0.25) is 4.79 Å². The highest BCUT2D eigenvalue weighted by Crippen LogP contribution is 2.24. The van der Waals surface area contributed by atoms with Crippen LogP contribution in [0.25, 0.3) is 6.08 Å². The second-order valence-electron chi connectivity index (χ2n) is 6.15. The fourth-order valence-electron chi connectivity index (χ4n) is 3.28. The molecule has 3 nitrogen and oxygen atoms in total. The summed E-state index contributed by atoms with van der Waals surface area (Å²) in [7, 11) is 1.77. The first-order valence-corrected chi connectivity index (χ1v) is 9.21. The molecular formula is C20H23NO2S. The summed E-state index contributed by atoms with van der Waals surface area (Å²) in [5, 5.41) is 2.02. The molecule has 0 saturated carbocycles. The van der Waals surface area contributed by atoms with Crippen LogP contribution >= 0.6 is 11.3 Å². The van der Waals surface area contributed by atoms with Gasteiger partial charge in [-0.1, -0.05) is 36.4 Å². The molecule has 1 saturated heterocycles. The zero-order chi connectivity index (χ0) is 16.8. The summed E-state index contributed by atoms with van der Waals surface area (Å²) in [4.78, 5) is 15.5. The third-order valence-corrected chi connectivity index (χ3v) is 5.39. The van der Waals surface area contributed by atoms with Crippen molar-refractivity contribution < 1.29 is 9.53 Å². The number of rotatable bonds is 5. The predicted octanol–water partition coefficient (Wildman–Crippen LogP) is 3.87. The Hall–Kier alpha value is -1.91. The molecule has 1 aromatic heterocycles. The topological polar surface area (TPSA) is 29.5 Å². The van der Waals surface area contributed by atoms with E-state index in [1.54, 1.807) is 24.5 Å². The van der Waals surface area contributed by atoms with Gasteiger partial charge in [-0.25, -0.2) is 0 Å². The first kappa shape index (κ1) is 16.9. The van der Waals surface area contributed by atoms with Crippen molar-refractivity contribution in [3.8, 4) is 0 Å². The fraction of sp³-hybridized carbons (Fsp3) is 0.350. The molecule has 1 aliphatic rings. The van der Waals surface area contributed by atoms with E-state index in [1.165, 1.54) is 5.56 Å². The third-order valence-electron chi connectivity index (χ3n) is 4.55. The molecule has 0 N–H and O–H groups in total. The minimum absolute atomic E-state index is 0.0935. The molecule has 24 heavy (non-hydrogen) atoms. The van der Waals surface area contributed by atoms with Crippen LogP contribution in [0, 0.1) is 5.92 Å². The first-order chi connectivity index (χ1) is 11.8. The van der Waals surface area contributed by atoms with Gasteiger partial charge < -0.3 is 9.64 Å². The maximum atomic E-state index is 12.5. The van der Waals surface area contributed by atoms with Crippen molar-refractivity contribution in [1.29, 1.82) is 0 Å². The molecular weight excluding hydrogens is 318 g/mol. The van der Waals surface area contributed by atoms with Gasteiger partial charge in [0.2, 0.25) is 5.91 Å². The molecule has 2 atom stereocenters. The molecule has 0 unspecified atom stereocenters. The van der Waals surface area contributed by atoms with Gasteiger partial charge >= 0.3 is 0 Å². The summed E-state index contributed by atoms with van der Waals surface area (Å²) in [5.41, 5.74) is 1.30. The second-order valence-corrected chi connectivity index (χ2v) is 7.12. The molecule has 1 aromatic carbocycles. The lowest BCUT2D eigenvalue weighted by molar-refractivity contribution is -0.130. The van der Waals surface area contributed by atoms with Gasteiger partial charge in [-0.05, 0) is 35.9 Å². The number of hydrogen-bond acceptors (Lipinski definition) is 3. The van der Waals surface area contributed by atoms with E-state index in [4.69, 9.17) is 4.74 Å². The number of thiophene rings is 1. The largest absolute Gasteiger partial charge is 0.381 e. The van der Waals surface area contributed by atoms with Crippen LogP contribution in [-0.2, 0) is 16.0 Å². The van der Waals surface area contributed by atoms with Crippen LogP contribution in [0.2, 0.25) is 0 Å². The van der Waals surface area contributed by atoms with Crippen molar-refractivity contribution in [2.24, 2.45) is 5.92 Å². The van der Waals surface area contributed by atoms with Crippen molar-refractivity contribution in [1.82, 2.24) is 4.90 Å². The number of hydrogen-bond donors (Lipinski definition) is 0. The van der Waals surface area contributed by atoms with E-state index in [0.29, 0.717) is 5.92 Å². The average molecular weight is 341 g/mol. The summed E-state index contributed by atoms with van der Waals surface area (Å²) < 4.78 is 5.67. The highest BCUT2D eigenvalue weighted by Gasteiger charge is 2.30. The van der Waals surface area contributed by atoms with Gasteiger partial charge in [-0.15, -0.1) is 11.3 Å². The second kappa shape index (κ2) is 8.27. The SMILES string of the molecule is CO[C@@H]1CCN(C(=O)/C=C/c2cccs2)C[C@H]1Cc1ccccc1. The highest BCUT2D eigenvalue weighted by atomic mass is 32.1. The van der Waals surface area contributed by atoms with Crippen LogP contribution in [0.4, 0.5) is 0 Å². The standard InChI is InChI=1S/C20H23NO2S/c1-23-19-11-12-21(20(22)10-9-18-8-5-13-24-18)15-17(19)14-16-6-3-2-4-7-16/h2-10,13,17,19H,11-12,14-15H2,1H3/b10-9+/t17-,19-/m1/s1. The van der Waals surface area contributed by atoms with Gasteiger partial charge in [0.25, 0.3) is 0 Å². The molecule has 1 amide bonds. The monoisotopic (exact) mass is 341 g/mol. The van der Waals surface area contributed by atoms with E-state index in [-0.39, 0.29) is 12.0 Å². The molecule has 2 heterocycles. The summed E-state index contributed by atoms with van der Waals surface area (Å²) in [5.74, 6) is 0.432. The normalized spacial score (nSPS) is 21.3. The van der Waals surface area contributed by atoms with Crippen LogP contribution in [0.5, 0.6) is 0 Å². The number of benzene rings is 1. The fourth-order valence-corrected chi connectivity index (χ4v) is 3.90. The Labute approximate surface area is 147 Å². The minimum atomic E-state index is 0.0935. The Balaban J connectivity index is 1.64. The summed E-state index contributed by atoms with van der Waals surface area (Å²) in [6.45, 7) is 1.51. The number of ether oxygens (including phenoxy) is 1. The number of methoxy groups -OCH3 is 1. The average Bonchev–Trinajstić information content (AvgIpc) is 3.14. The lowest BCUT2D eigenvalue weighted by Gasteiger charge is -2.37. The molecule has 4 heteroatoms. The van der Waals surface area contributed by atoms with Crippen LogP contribution < -0.4 is 0 Å². The molecule has 0 spiro atoms. The Kier molecular flexibility index (Phi) is 5.83. The number of piperidine rings is 1. The van der Waals surface area contributed by atoms with Crippen LogP contribution in [-0.4, -0.2) is 37.1 Å². The maximum absolute atomic E-state index is 12.5. The smallest absolute Gasteiger partial charge is 0.246 e. The van der Waals surface area contributed by atoms with E-state index in [9.17, 15) is 4.79 Å². The number of carbonyl (C=O) groups is 1.